The molecule has 3 aromatic heterocycles. The van der Waals surface area contributed by atoms with Crippen molar-refractivity contribution in [1.29, 1.82) is 0 Å². The Balaban J connectivity index is 2.01. The van der Waals surface area contributed by atoms with Gasteiger partial charge in [-0.25, -0.2) is 0 Å². The van der Waals surface area contributed by atoms with Crippen LogP contribution in [0, 0.1) is 0 Å². The molecule has 0 aliphatic rings. The third kappa shape index (κ3) is 2.84. The second kappa shape index (κ2) is 6.37. The molecule has 0 spiro atoms. The van der Waals surface area contributed by atoms with Crippen molar-refractivity contribution in [2.24, 2.45) is 0 Å². The van der Waals surface area contributed by atoms with E-state index in [1.807, 2.05) is 17.1 Å². The summed E-state index contributed by atoms with van der Waals surface area (Å²) in [6, 6.07) is 6.54. The molecule has 0 saturated heterocycles. The van der Waals surface area contributed by atoms with Crippen LogP contribution in [-0.4, -0.2) is 21.3 Å². The fourth-order valence-corrected chi connectivity index (χ4v) is 3.34. The van der Waals surface area contributed by atoms with E-state index < -0.39 is 0 Å². The van der Waals surface area contributed by atoms with Gasteiger partial charge < -0.3 is 5.32 Å². The third-order valence-corrected chi connectivity index (χ3v) is 4.45. The second-order valence-corrected chi connectivity index (χ2v) is 5.98. The lowest BCUT2D eigenvalue weighted by atomic mass is 10.1. The van der Waals surface area contributed by atoms with Crippen LogP contribution in [0.4, 0.5) is 0 Å². The highest BCUT2D eigenvalue weighted by Crippen LogP contribution is 2.26. The maximum atomic E-state index is 4.58. The van der Waals surface area contributed by atoms with Crippen molar-refractivity contribution in [1.82, 2.24) is 20.1 Å². The topological polar surface area (TPSA) is 42.7 Å². The zero-order valence-electron chi connectivity index (χ0n) is 12.4. The summed E-state index contributed by atoms with van der Waals surface area (Å²) in [5.74, 6) is 0. The van der Waals surface area contributed by atoms with Crippen molar-refractivity contribution < 1.29 is 0 Å². The minimum atomic E-state index is 0.145. The van der Waals surface area contributed by atoms with Crippen molar-refractivity contribution >= 4 is 21.6 Å². The van der Waals surface area contributed by atoms with Crippen LogP contribution < -0.4 is 5.32 Å². The molecule has 3 rings (SSSR count). The first-order valence-electron chi connectivity index (χ1n) is 7.41. The van der Waals surface area contributed by atoms with Crippen molar-refractivity contribution in [3.05, 3.63) is 47.2 Å². The largest absolute Gasteiger partial charge is 0.305 e. The lowest BCUT2D eigenvalue weighted by molar-refractivity contribution is 0.529. The van der Waals surface area contributed by atoms with E-state index in [9.17, 15) is 0 Å². The SMILES string of the molecule is CCCNC(c1cnc2ccsc2c1)c1ccnn1CC. The number of aromatic nitrogens is 3. The Hall–Kier alpha value is -1.72. The molecule has 0 radical (unpaired) electrons. The van der Waals surface area contributed by atoms with Gasteiger partial charge in [0.2, 0.25) is 0 Å². The van der Waals surface area contributed by atoms with Crippen LogP contribution in [0.1, 0.15) is 37.6 Å². The Bertz CT molecular complexity index is 716. The van der Waals surface area contributed by atoms with Gasteiger partial charge in [0, 0.05) is 18.9 Å². The second-order valence-electron chi connectivity index (χ2n) is 5.03. The standard InChI is InChI=1S/C16H20N4S/c1-3-7-17-16(14-5-8-19-20(14)4-2)12-10-15-13(18-11-12)6-9-21-15/h5-6,8-11,16-17H,3-4,7H2,1-2H3. The van der Waals surface area contributed by atoms with Crippen molar-refractivity contribution in [2.75, 3.05) is 6.54 Å². The minimum Gasteiger partial charge on any atom is -0.305 e. The van der Waals surface area contributed by atoms with Gasteiger partial charge in [-0.2, -0.15) is 5.10 Å². The van der Waals surface area contributed by atoms with E-state index >= 15 is 0 Å². The number of hydrogen-bond donors (Lipinski definition) is 1. The Labute approximate surface area is 128 Å². The number of hydrogen-bond acceptors (Lipinski definition) is 4. The van der Waals surface area contributed by atoms with Crippen molar-refractivity contribution in [3.63, 3.8) is 0 Å². The molecule has 21 heavy (non-hydrogen) atoms. The maximum Gasteiger partial charge on any atom is 0.0809 e. The normalized spacial score (nSPS) is 12.9. The monoisotopic (exact) mass is 300 g/mol. The summed E-state index contributed by atoms with van der Waals surface area (Å²) in [6.07, 6.45) is 4.96. The number of pyridine rings is 1. The molecule has 0 saturated carbocycles. The molecule has 3 heterocycles. The molecule has 0 aliphatic heterocycles. The molecule has 1 atom stereocenters. The molecule has 0 aliphatic carbocycles. The molecule has 110 valence electrons. The van der Waals surface area contributed by atoms with Gasteiger partial charge in [0.1, 0.15) is 0 Å². The van der Waals surface area contributed by atoms with Crippen LogP contribution in [0.2, 0.25) is 0 Å². The van der Waals surface area contributed by atoms with Gasteiger partial charge in [-0.3, -0.25) is 9.67 Å². The molecular formula is C16H20N4S. The first-order valence-corrected chi connectivity index (χ1v) is 8.29. The zero-order valence-corrected chi connectivity index (χ0v) is 13.2. The highest BCUT2D eigenvalue weighted by Gasteiger charge is 2.18. The van der Waals surface area contributed by atoms with E-state index in [2.05, 4.69) is 52.8 Å². The average molecular weight is 300 g/mol. The molecule has 0 fully saturated rings. The average Bonchev–Trinajstić information content (AvgIpc) is 3.15. The van der Waals surface area contributed by atoms with Crippen LogP contribution in [0.25, 0.3) is 10.2 Å². The lowest BCUT2D eigenvalue weighted by Gasteiger charge is -2.20. The van der Waals surface area contributed by atoms with Gasteiger partial charge in [0.05, 0.1) is 22.0 Å². The van der Waals surface area contributed by atoms with E-state index in [0.29, 0.717) is 0 Å². The summed E-state index contributed by atoms with van der Waals surface area (Å²) >= 11 is 1.74. The van der Waals surface area contributed by atoms with Gasteiger partial charge in [-0.05, 0) is 49.0 Å². The van der Waals surface area contributed by atoms with E-state index in [1.54, 1.807) is 11.3 Å². The molecule has 0 bridgehead atoms. The third-order valence-electron chi connectivity index (χ3n) is 3.60. The highest BCUT2D eigenvalue weighted by molar-refractivity contribution is 7.17. The molecule has 5 heteroatoms. The fraction of sp³-hybridized carbons (Fsp3) is 0.375. The lowest BCUT2D eigenvalue weighted by Crippen LogP contribution is -2.25. The number of rotatable bonds is 6. The highest BCUT2D eigenvalue weighted by atomic mass is 32.1. The molecule has 0 amide bonds. The van der Waals surface area contributed by atoms with E-state index in [0.717, 1.165) is 25.0 Å². The van der Waals surface area contributed by atoms with Gasteiger partial charge in [-0.15, -0.1) is 11.3 Å². The Kier molecular flexibility index (Phi) is 4.31. The molecule has 1 unspecified atom stereocenters. The van der Waals surface area contributed by atoms with Crippen LogP contribution in [0.15, 0.2) is 36.0 Å². The Morgan fingerprint density at radius 2 is 2.24 bits per heavy atom. The molecular weight excluding hydrogens is 280 g/mol. The van der Waals surface area contributed by atoms with E-state index in [1.165, 1.54) is 16.0 Å². The molecule has 4 nitrogen and oxygen atoms in total. The summed E-state index contributed by atoms with van der Waals surface area (Å²) in [5, 5.41) is 10.1. The summed E-state index contributed by atoms with van der Waals surface area (Å²) < 4.78 is 3.28. The van der Waals surface area contributed by atoms with Gasteiger partial charge in [-0.1, -0.05) is 6.92 Å². The number of nitrogens with zero attached hydrogens (tertiary/aromatic N) is 3. The van der Waals surface area contributed by atoms with Crippen molar-refractivity contribution in [2.45, 2.75) is 32.9 Å². The maximum absolute atomic E-state index is 4.58. The van der Waals surface area contributed by atoms with Crippen LogP contribution >= 0.6 is 11.3 Å². The number of aryl methyl sites for hydroxylation is 1. The number of thiophene rings is 1. The van der Waals surface area contributed by atoms with Crippen LogP contribution in [-0.2, 0) is 6.54 Å². The first kappa shape index (κ1) is 14.2. The minimum absolute atomic E-state index is 0.145. The zero-order chi connectivity index (χ0) is 14.7. The number of fused-ring (bicyclic) bond motifs is 1. The van der Waals surface area contributed by atoms with Crippen molar-refractivity contribution in [3.8, 4) is 0 Å². The van der Waals surface area contributed by atoms with Gasteiger partial charge in [0.25, 0.3) is 0 Å². The molecule has 0 aromatic carbocycles. The Morgan fingerprint density at radius 1 is 1.33 bits per heavy atom. The first-order chi connectivity index (χ1) is 10.3. The summed E-state index contributed by atoms with van der Waals surface area (Å²) in [6.45, 7) is 6.15. The summed E-state index contributed by atoms with van der Waals surface area (Å²) in [4.78, 5) is 4.58. The van der Waals surface area contributed by atoms with Gasteiger partial charge in [0.15, 0.2) is 0 Å². The molecule has 1 N–H and O–H groups in total. The molecule has 3 aromatic rings. The quantitative estimate of drug-likeness (QED) is 0.756. The van der Waals surface area contributed by atoms with Gasteiger partial charge >= 0.3 is 0 Å². The predicted octanol–water partition coefficient (Wildman–Crippen LogP) is 3.60. The summed E-state index contributed by atoms with van der Waals surface area (Å²) in [5.41, 5.74) is 3.47. The van der Waals surface area contributed by atoms with Crippen LogP contribution in [0.3, 0.4) is 0 Å². The Morgan fingerprint density at radius 3 is 3.05 bits per heavy atom. The fourth-order valence-electron chi connectivity index (χ4n) is 2.55. The van der Waals surface area contributed by atoms with E-state index in [4.69, 9.17) is 0 Å². The summed E-state index contributed by atoms with van der Waals surface area (Å²) in [7, 11) is 0. The smallest absolute Gasteiger partial charge is 0.0809 e. The van der Waals surface area contributed by atoms with E-state index in [-0.39, 0.29) is 6.04 Å². The number of nitrogens with one attached hydrogen (secondary N) is 1. The van der Waals surface area contributed by atoms with Crippen LogP contribution in [0.5, 0.6) is 0 Å². The predicted molar refractivity (Wildman–Crippen MR) is 87.7 cm³/mol.